The molecule has 0 aromatic carbocycles. The molecule has 1 aromatic heterocycles. The van der Waals surface area contributed by atoms with Gasteiger partial charge in [0.05, 0.1) is 6.20 Å². The normalized spacial score (nSPS) is 11.9. The highest BCUT2D eigenvalue weighted by Gasteiger charge is 2.03. The lowest BCUT2D eigenvalue weighted by Gasteiger charge is -2.04. The van der Waals surface area contributed by atoms with Gasteiger partial charge in [0.1, 0.15) is 5.82 Å². The maximum absolute atomic E-state index is 12.7. The van der Waals surface area contributed by atoms with Crippen molar-refractivity contribution in [2.45, 2.75) is 13.0 Å². The lowest BCUT2D eigenvalue weighted by Crippen LogP contribution is -2.07. The molecule has 0 spiro atoms. The van der Waals surface area contributed by atoms with Crippen molar-refractivity contribution in [3.05, 3.63) is 29.8 Å². The van der Waals surface area contributed by atoms with Gasteiger partial charge in [0.15, 0.2) is 0 Å². The third-order valence-corrected chi connectivity index (χ3v) is 1.29. The molecular weight excluding hydrogens is 167 g/mol. The molecule has 0 saturated carbocycles. The molecule has 1 atom stereocenters. The van der Waals surface area contributed by atoms with Crippen molar-refractivity contribution in [1.29, 1.82) is 0 Å². The number of aromatic nitrogens is 1. The van der Waals surface area contributed by atoms with Gasteiger partial charge in [0.25, 0.3) is 0 Å². The van der Waals surface area contributed by atoms with Gasteiger partial charge in [-0.15, -0.1) is 12.4 Å². The monoisotopic (exact) mass is 176 g/mol. The zero-order valence-corrected chi connectivity index (χ0v) is 6.94. The van der Waals surface area contributed by atoms with E-state index < -0.39 is 0 Å². The molecule has 1 heterocycles. The first-order chi connectivity index (χ1) is 4.72. The van der Waals surface area contributed by atoms with Gasteiger partial charge in [-0.3, -0.25) is 4.98 Å². The summed E-state index contributed by atoms with van der Waals surface area (Å²) in [4.78, 5) is 3.60. The average molecular weight is 177 g/mol. The Balaban J connectivity index is 0.000001000. The standard InChI is InChI=1S/C7H9FN2.ClH/c1-5(9)6-2-3-10-4-7(6)8;/h2-5H,9H2,1H3;1H/t5-;/m1./s1. The fraction of sp³-hybridized carbons (Fsp3) is 0.286. The Kier molecular flexibility index (Phi) is 4.00. The van der Waals surface area contributed by atoms with Crippen LogP contribution in [0.4, 0.5) is 4.39 Å². The summed E-state index contributed by atoms with van der Waals surface area (Å²) in [6.45, 7) is 1.73. The van der Waals surface area contributed by atoms with E-state index in [1.165, 1.54) is 12.4 Å². The van der Waals surface area contributed by atoms with Crippen LogP contribution in [-0.4, -0.2) is 4.98 Å². The number of rotatable bonds is 1. The quantitative estimate of drug-likeness (QED) is 0.707. The fourth-order valence-electron chi connectivity index (χ4n) is 0.755. The first-order valence-electron chi connectivity index (χ1n) is 3.07. The van der Waals surface area contributed by atoms with Crippen LogP contribution in [0.25, 0.3) is 0 Å². The minimum absolute atomic E-state index is 0. The molecule has 2 N–H and O–H groups in total. The molecule has 0 aliphatic carbocycles. The summed E-state index contributed by atoms with van der Waals surface area (Å²) in [7, 11) is 0. The molecule has 0 bridgehead atoms. The minimum Gasteiger partial charge on any atom is -0.324 e. The molecule has 0 amide bonds. The Morgan fingerprint density at radius 1 is 1.64 bits per heavy atom. The summed E-state index contributed by atoms with van der Waals surface area (Å²) in [6, 6.07) is 1.32. The second-order valence-electron chi connectivity index (χ2n) is 2.19. The van der Waals surface area contributed by atoms with Gasteiger partial charge in [-0.05, 0) is 13.0 Å². The molecule has 0 radical (unpaired) electrons. The van der Waals surface area contributed by atoms with Crippen molar-refractivity contribution in [3.63, 3.8) is 0 Å². The molecule has 0 fully saturated rings. The highest BCUT2D eigenvalue weighted by Crippen LogP contribution is 2.11. The van der Waals surface area contributed by atoms with Gasteiger partial charge in [-0.25, -0.2) is 4.39 Å². The van der Waals surface area contributed by atoms with Crippen molar-refractivity contribution in [2.75, 3.05) is 0 Å². The van der Waals surface area contributed by atoms with Gasteiger partial charge < -0.3 is 5.73 Å². The Morgan fingerprint density at radius 3 is 2.64 bits per heavy atom. The Bertz CT molecular complexity index is 227. The zero-order valence-electron chi connectivity index (χ0n) is 6.12. The Morgan fingerprint density at radius 2 is 2.27 bits per heavy atom. The second-order valence-corrected chi connectivity index (χ2v) is 2.19. The van der Waals surface area contributed by atoms with E-state index in [0.717, 1.165) is 0 Å². The highest BCUT2D eigenvalue weighted by atomic mass is 35.5. The summed E-state index contributed by atoms with van der Waals surface area (Å²) in [6.07, 6.45) is 2.69. The van der Waals surface area contributed by atoms with Crippen molar-refractivity contribution in [3.8, 4) is 0 Å². The van der Waals surface area contributed by atoms with Gasteiger partial charge in [0.2, 0.25) is 0 Å². The number of hydrogen-bond acceptors (Lipinski definition) is 2. The van der Waals surface area contributed by atoms with E-state index in [1.54, 1.807) is 13.0 Å². The first-order valence-corrected chi connectivity index (χ1v) is 3.07. The number of pyridine rings is 1. The molecule has 1 aromatic rings. The summed E-state index contributed by atoms with van der Waals surface area (Å²) >= 11 is 0. The third kappa shape index (κ3) is 2.44. The van der Waals surface area contributed by atoms with Gasteiger partial charge in [-0.1, -0.05) is 0 Å². The Labute approximate surface area is 71.0 Å². The van der Waals surface area contributed by atoms with E-state index in [2.05, 4.69) is 4.98 Å². The zero-order chi connectivity index (χ0) is 7.56. The van der Waals surface area contributed by atoms with Crippen LogP contribution >= 0.6 is 12.4 Å². The lowest BCUT2D eigenvalue weighted by atomic mass is 10.1. The predicted molar refractivity (Wildman–Crippen MR) is 44.0 cm³/mol. The third-order valence-electron chi connectivity index (χ3n) is 1.29. The summed E-state index contributed by atoms with van der Waals surface area (Å²) < 4.78 is 12.7. The van der Waals surface area contributed by atoms with Crippen molar-refractivity contribution < 1.29 is 4.39 Å². The van der Waals surface area contributed by atoms with Crippen LogP contribution in [0.15, 0.2) is 18.5 Å². The summed E-state index contributed by atoms with van der Waals surface area (Å²) in [5.41, 5.74) is 5.96. The average Bonchev–Trinajstić information content (AvgIpc) is 1.88. The Hall–Kier alpha value is -0.670. The lowest BCUT2D eigenvalue weighted by molar-refractivity contribution is 0.587. The van der Waals surface area contributed by atoms with E-state index in [0.29, 0.717) is 5.56 Å². The molecule has 4 heteroatoms. The largest absolute Gasteiger partial charge is 0.324 e. The van der Waals surface area contributed by atoms with Crippen LogP contribution in [0.2, 0.25) is 0 Å². The number of halogens is 2. The van der Waals surface area contributed by atoms with E-state index in [4.69, 9.17) is 5.73 Å². The number of nitrogens with zero attached hydrogens (tertiary/aromatic N) is 1. The molecule has 1 rings (SSSR count). The van der Waals surface area contributed by atoms with Crippen LogP contribution in [-0.2, 0) is 0 Å². The molecule has 0 aliphatic rings. The highest BCUT2D eigenvalue weighted by molar-refractivity contribution is 5.85. The van der Waals surface area contributed by atoms with Crippen molar-refractivity contribution in [2.24, 2.45) is 5.73 Å². The SMILES string of the molecule is C[C@@H](N)c1ccncc1F.Cl. The van der Waals surface area contributed by atoms with Gasteiger partial charge in [0, 0.05) is 17.8 Å². The van der Waals surface area contributed by atoms with Crippen LogP contribution < -0.4 is 5.73 Å². The molecule has 11 heavy (non-hydrogen) atoms. The van der Waals surface area contributed by atoms with E-state index in [9.17, 15) is 4.39 Å². The topological polar surface area (TPSA) is 38.9 Å². The first kappa shape index (κ1) is 10.3. The minimum atomic E-state index is -0.336. The molecule has 2 nitrogen and oxygen atoms in total. The van der Waals surface area contributed by atoms with Gasteiger partial charge in [-0.2, -0.15) is 0 Å². The second kappa shape index (κ2) is 4.26. The van der Waals surface area contributed by atoms with E-state index >= 15 is 0 Å². The van der Waals surface area contributed by atoms with E-state index in [1.807, 2.05) is 0 Å². The molecule has 0 unspecified atom stereocenters. The van der Waals surface area contributed by atoms with Crippen molar-refractivity contribution in [1.82, 2.24) is 4.98 Å². The summed E-state index contributed by atoms with van der Waals surface area (Å²) in [5, 5.41) is 0. The number of hydrogen-bond donors (Lipinski definition) is 1. The van der Waals surface area contributed by atoms with Crippen molar-refractivity contribution >= 4 is 12.4 Å². The molecular formula is C7H10ClFN2. The maximum Gasteiger partial charge on any atom is 0.146 e. The van der Waals surface area contributed by atoms with Gasteiger partial charge >= 0.3 is 0 Å². The molecule has 0 aliphatic heterocycles. The van der Waals surface area contributed by atoms with Crippen LogP contribution in [0.1, 0.15) is 18.5 Å². The van der Waals surface area contributed by atoms with Crippen LogP contribution in [0.5, 0.6) is 0 Å². The predicted octanol–water partition coefficient (Wildman–Crippen LogP) is 1.66. The summed E-state index contributed by atoms with van der Waals surface area (Å²) in [5.74, 6) is -0.336. The maximum atomic E-state index is 12.7. The van der Waals surface area contributed by atoms with Crippen LogP contribution in [0.3, 0.4) is 0 Å². The molecule has 62 valence electrons. The number of nitrogens with two attached hydrogens (primary N) is 1. The van der Waals surface area contributed by atoms with E-state index in [-0.39, 0.29) is 24.3 Å². The van der Waals surface area contributed by atoms with Crippen LogP contribution in [0, 0.1) is 5.82 Å². The smallest absolute Gasteiger partial charge is 0.146 e. The molecule has 0 saturated heterocycles. The fourth-order valence-corrected chi connectivity index (χ4v) is 0.755.